The Morgan fingerprint density at radius 2 is 2.05 bits per heavy atom. The van der Waals surface area contributed by atoms with E-state index in [2.05, 4.69) is 54.3 Å². The van der Waals surface area contributed by atoms with Crippen LogP contribution < -0.4 is 0 Å². The van der Waals surface area contributed by atoms with Crippen molar-refractivity contribution in [2.75, 3.05) is 7.11 Å². The molecule has 1 aliphatic carbocycles. The Morgan fingerprint density at radius 3 is 2.47 bits per heavy atom. The summed E-state index contributed by atoms with van der Waals surface area (Å²) < 4.78 is 4.14. The van der Waals surface area contributed by atoms with Crippen molar-refractivity contribution in [3.63, 3.8) is 0 Å². The molecule has 0 spiro atoms. The molecule has 0 saturated heterocycles. The molecule has 0 aliphatic heterocycles. The smallest absolute Gasteiger partial charge is 0.329 e. The first kappa shape index (κ1) is 16.4. The number of fused-ring (bicyclic) bond motifs is 1. The molecule has 3 nitrogen and oxygen atoms in total. The minimum absolute atomic E-state index is 0.394. The van der Waals surface area contributed by atoms with Gasteiger partial charge in [0.2, 0.25) is 0 Å². The van der Waals surface area contributed by atoms with E-state index >= 15 is 0 Å². The molecule has 19 heavy (non-hydrogen) atoms. The van der Waals surface area contributed by atoms with Crippen molar-refractivity contribution in [3.05, 3.63) is 66.8 Å². The molecule has 1 aromatic carbocycles. The minimum atomic E-state index is -0.394. The van der Waals surface area contributed by atoms with Crippen molar-refractivity contribution in [2.45, 2.75) is 6.42 Å². The molecule has 98 valence electrons. The zero-order chi connectivity index (χ0) is 14.5. The van der Waals surface area contributed by atoms with E-state index < -0.39 is 5.97 Å². The normalized spacial score (nSPS) is 9.47. The molecule has 1 aromatic rings. The first-order chi connectivity index (χ1) is 9.19. The maximum atomic E-state index is 9.84. The molecule has 0 fully saturated rings. The molecular weight excluding hydrogens is 238 g/mol. The van der Waals surface area contributed by atoms with E-state index in [0.717, 1.165) is 12.5 Å². The molecule has 0 aromatic heterocycles. The number of ether oxygens (including phenoxy) is 1. The summed E-state index contributed by atoms with van der Waals surface area (Å²) in [6.45, 7) is 6.27. The highest BCUT2D eigenvalue weighted by atomic mass is 16.5. The molecule has 0 heterocycles. The highest BCUT2D eigenvalue weighted by molar-refractivity contribution is 5.80. The molecule has 0 N–H and O–H groups in total. The van der Waals surface area contributed by atoms with Gasteiger partial charge in [0, 0.05) is 12.2 Å². The zero-order valence-corrected chi connectivity index (χ0v) is 11.0. The number of nitrogens with zero attached hydrogens (tertiary/aromatic N) is 1. The van der Waals surface area contributed by atoms with Crippen LogP contribution in [0.2, 0.25) is 0 Å². The van der Waals surface area contributed by atoms with Crippen molar-refractivity contribution in [1.82, 2.24) is 0 Å². The monoisotopic (exact) mass is 255 g/mol. The number of rotatable bonds is 1. The van der Waals surface area contributed by atoms with E-state index in [1.54, 1.807) is 6.07 Å². The summed E-state index contributed by atoms with van der Waals surface area (Å²) >= 11 is 0. The highest BCUT2D eigenvalue weighted by Gasteiger charge is 2.00. The topological polar surface area (TPSA) is 50.1 Å². The third kappa shape index (κ3) is 7.35. The lowest BCUT2D eigenvalue weighted by molar-refractivity contribution is -0.134. The van der Waals surface area contributed by atoms with E-state index in [0.29, 0.717) is 0 Å². The Kier molecular flexibility index (Phi) is 9.10. The van der Waals surface area contributed by atoms with Gasteiger partial charge in [-0.1, -0.05) is 49.6 Å². The molecule has 1 aliphatic rings. The van der Waals surface area contributed by atoms with Crippen LogP contribution in [-0.2, 0) is 16.0 Å². The second-order valence-corrected chi connectivity index (χ2v) is 3.37. The number of allylic oxidation sites excluding steroid dienone is 2. The van der Waals surface area contributed by atoms with Crippen LogP contribution in [0.1, 0.15) is 11.1 Å². The second-order valence-electron chi connectivity index (χ2n) is 3.37. The van der Waals surface area contributed by atoms with Crippen molar-refractivity contribution in [2.24, 2.45) is 0 Å². The van der Waals surface area contributed by atoms with Crippen LogP contribution in [0.4, 0.5) is 0 Å². The summed E-state index contributed by atoms with van der Waals surface area (Å²) in [7, 11) is 1.31. The molecule has 0 atom stereocenters. The van der Waals surface area contributed by atoms with Gasteiger partial charge in [0.05, 0.1) is 13.2 Å². The zero-order valence-electron chi connectivity index (χ0n) is 11.0. The Hall–Kier alpha value is -2.60. The Balaban J connectivity index is 0.000000285. The number of hydrogen-bond acceptors (Lipinski definition) is 3. The molecular formula is C16H17NO2. The number of carbonyl (C=O) groups is 1. The summed E-state index contributed by atoms with van der Waals surface area (Å²) in [6.07, 6.45) is 7.79. The Morgan fingerprint density at radius 1 is 1.42 bits per heavy atom. The van der Waals surface area contributed by atoms with E-state index in [-0.39, 0.29) is 0 Å². The lowest BCUT2D eigenvalue weighted by Crippen LogP contribution is -1.91. The SMILES string of the molecule is C1=Cc2ccccc2C1.C=CC#N.C=CC(=O)OC. The number of carbonyl (C=O) groups excluding carboxylic acids is 1. The quantitative estimate of drug-likeness (QED) is 0.439. The largest absolute Gasteiger partial charge is 0.466 e. The highest BCUT2D eigenvalue weighted by Crippen LogP contribution is 2.17. The average Bonchev–Trinajstić information content (AvgIpc) is 2.95. The third-order valence-electron chi connectivity index (χ3n) is 2.15. The van der Waals surface area contributed by atoms with Gasteiger partial charge in [-0.3, -0.25) is 0 Å². The van der Waals surface area contributed by atoms with Crippen molar-refractivity contribution in [3.8, 4) is 6.07 Å². The predicted octanol–water partition coefficient (Wildman–Crippen LogP) is 3.30. The lowest BCUT2D eigenvalue weighted by atomic mass is 10.1. The molecule has 0 radical (unpaired) electrons. The number of esters is 1. The van der Waals surface area contributed by atoms with E-state index in [1.807, 2.05) is 0 Å². The van der Waals surface area contributed by atoms with Gasteiger partial charge in [-0.05, 0) is 17.5 Å². The van der Waals surface area contributed by atoms with Gasteiger partial charge in [0.1, 0.15) is 0 Å². The predicted molar refractivity (Wildman–Crippen MR) is 77.2 cm³/mol. The fourth-order valence-corrected chi connectivity index (χ4v) is 1.28. The summed E-state index contributed by atoms with van der Waals surface area (Å²) in [5.74, 6) is -0.394. The second kappa shape index (κ2) is 10.5. The summed E-state index contributed by atoms with van der Waals surface area (Å²) in [6, 6.07) is 10.2. The van der Waals surface area contributed by atoms with Crippen LogP contribution >= 0.6 is 0 Å². The summed E-state index contributed by atoms with van der Waals surface area (Å²) in [5.41, 5.74) is 2.84. The molecule has 2 rings (SSSR count). The first-order valence-corrected chi connectivity index (χ1v) is 5.65. The van der Waals surface area contributed by atoms with Crippen molar-refractivity contribution in [1.29, 1.82) is 5.26 Å². The molecule has 0 bridgehead atoms. The minimum Gasteiger partial charge on any atom is -0.466 e. The maximum Gasteiger partial charge on any atom is 0.329 e. The summed E-state index contributed by atoms with van der Waals surface area (Å²) in [5, 5.41) is 7.51. The van der Waals surface area contributed by atoms with Gasteiger partial charge in [-0.2, -0.15) is 5.26 Å². The molecule has 0 unspecified atom stereocenters. The van der Waals surface area contributed by atoms with Gasteiger partial charge >= 0.3 is 5.97 Å². The first-order valence-electron chi connectivity index (χ1n) is 5.65. The molecule has 0 saturated carbocycles. The fourth-order valence-electron chi connectivity index (χ4n) is 1.28. The van der Waals surface area contributed by atoms with Gasteiger partial charge in [-0.25, -0.2) is 4.79 Å². The van der Waals surface area contributed by atoms with Crippen LogP contribution in [0, 0.1) is 11.3 Å². The van der Waals surface area contributed by atoms with Crippen LogP contribution in [0.3, 0.4) is 0 Å². The van der Waals surface area contributed by atoms with E-state index in [9.17, 15) is 4.79 Å². The summed E-state index contributed by atoms with van der Waals surface area (Å²) in [4.78, 5) is 9.84. The van der Waals surface area contributed by atoms with Gasteiger partial charge in [0.25, 0.3) is 0 Å². The molecule has 3 heteroatoms. The lowest BCUT2D eigenvalue weighted by Gasteiger charge is -1.93. The number of benzene rings is 1. The van der Waals surface area contributed by atoms with Crippen molar-refractivity contribution >= 4 is 12.0 Å². The average molecular weight is 255 g/mol. The van der Waals surface area contributed by atoms with Crippen LogP contribution in [-0.4, -0.2) is 13.1 Å². The van der Waals surface area contributed by atoms with E-state index in [1.165, 1.54) is 24.3 Å². The van der Waals surface area contributed by atoms with Crippen LogP contribution in [0.15, 0.2) is 55.7 Å². The van der Waals surface area contributed by atoms with Crippen molar-refractivity contribution < 1.29 is 9.53 Å². The standard InChI is InChI=1S/C9H8.C4H6O2.C3H3N/c1-2-5-9-7-3-6-8(9)4-1;1-3-4(5)6-2;1-2-3-4/h1-6H,7H2;3H,1H2,2H3;2H,1H2. The fraction of sp³-hybridized carbons (Fsp3) is 0.125. The Bertz CT molecular complexity index is 496. The van der Waals surface area contributed by atoms with Crippen LogP contribution in [0.5, 0.6) is 0 Å². The number of nitriles is 1. The third-order valence-corrected chi connectivity index (χ3v) is 2.15. The van der Waals surface area contributed by atoms with Gasteiger partial charge in [0.15, 0.2) is 0 Å². The van der Waals surface area contributed by atoms with Crippen LogP contribution in [0.25, 0.3) is 6.08 Å². The van der Waals surface area contributed by atoms with E-state index in [4.69, 9.17) is 5.26 Å². The Labute approximate surface area is 114 Å². The molecule has 0 amide bonds. The van der Waals surface area contributed by atoms with Gasteiger partial charge in [-0.15, -0.1) is 0 Å². The number of methoxy groups -OCH3 is 1. The number of hydrogen-bond donors (Lipinski definition) is 0. The maximum absolute atomic E-state index is 9.84. The van der Waals surface area contributed by atoms with Gasteiger partial charge < -0.3 is 4.74 Å².